The van der Waals surface area contributed by atoms with Crippen LogP contribution in [0.1, 0.15) is 27.0 Å². The summed E-state index contributed by atoms with van der Waals surface area (Å²) >= 11 is 0. The smallest absolute Gasteiger partial charge is 0.165 e. The van der Waals surface area contributed by atoms with E-state index in [2.05, 4.69) is 26.3 Å². The number of hydrogen-bond acceptors (Lipinski definition) is 8. The monoisotopic (exact) mass is 542 g/mol. The Hall–Kier alpha value is -4.27. The van der Waals surface area contributed by atoms with Crippen molar-refractivity contribution in [1.29, 1.82) is 0 Å². The lowest BCUT2D eigenvalue weighted by Crippen LogP contribution is -2.33. The zero-order valence-electron chi connectivity index (χ0n) is 23.9. The molecule has 0 saturated heterocycles. The second kappa shape index (κ2) is 14.8. The molecule has 1 aliphatic heterocycles. The number of aldehydes is 2. The number of allylic oxidation sites excluding steroid dienone is 1. The molecule has 3 aromatic rings. The molecule has 1 heterocycles. The van der Waals surface area contributed by atoms with E-state index in [1.807, 2.05) is 61.5 Å². The minimum Gasteiger partial charge on any atom is -0.388 e. The summed E-state index contributed by atoms with van der Waals surface area (Å²) in [4.78, 5) is 40.2. The van der Waals surface area contributed by atoms with Gasteiger partial charge >= 0.3 is 0 Å². The highest BCUT2D eigenvalue weighted by atomic mass is 16.4. The Morgan fingerprint density at radius 2 is 1.75 bits per heavy atom. The van der Waals surface area contributed by atoms with Gasteiger partial charge in [0.2, 0.25) is 0 Å². The highest BCUT2D eigenvalue weighted by Crippen LogP contribution is 2.34. The Balaban J connectivity index is 0.00000141. The standard InChI is InChI=1S/C30H32N4O3.C2H6O/c1-31-28-15-21(19-35)9-11-26(28)27(20-36)30(22-7-5-4-6-8-22)32-24-10-12-29-23(16-24)13-14-34(29)18-25(37)17-33(2)3;1-3-2/h4-12,15-16,19-20,31-32H,13-14,17-18H2,1-3H3;1-2H3/b30-27+;. The van der Waals surface area contributed by atoms with E-state index in [0.717, 1.165) is 48.0 Å². The van der Waals surface area contributed by atoms with Crippen LogP contribution in [0.3, 0.4) is 0 Å². The van der Waals surface area contributed by atoms with Crippen molar-refractivity contribution in [3.05, 3.63) is 89.0 Å². The van der Waals surface area contributed by atoms with Gasteiger partial charge in [-0.05, 0) is 55.9 Å². The lowest BCUT2D eigenvalue weighted by atomic mass is 9.97. The lowest BCUT2D eigenvalue weighted by Gasteiger charge is -2.21. The summed E-state index contributed by atoms with van der Waals surface area (Å²) < 4.78 is 4.25. The summed E-state index contributed by atoms with van der Waals surface area (Å²) in [6, 6.07) is 21.0. The molecule has 40 heavy (non-hydrogen) atoms. The third kappa shape index (κ3) is 7.65. The van der Waals surface area contributed by atoms with Crippen LogP contribution in [0.15, 0.2) is 66.7 Å². The fraction of sp³-hybridized carbons (Fsp3) is 0.281. The van der Waals surface area contributed by atoms with Crippen molar-refractivity contribution in [2.45, 2.75) is 6.42 Å². The van der Waals surface area contributed by atoms with Gasteiger partial charge in [0, 0.05) is 61.6 Å². The van der Waals surface area contributed by atoms with Crippen LogP contribution in [0.5, 0.6) is 0 Å². The zero-order valence-corrected chi connectivity index (χ0v) is 23.9. The van der Waals surface area contributed by atoms with Crippen molar-refractivity contribution in [3.63, 3.8) is 0 Å². The fourth-order valence-electron chi connectivity index (χ4n) is 4.71. The molecule has 1 aliphatic rings. The Kier molecular flexibility index (Phi) is 11.2. The molecule has 210 valence electrons. The number of ketones is 1. The molecule has 8 nitrogen and oxygen atoms in total. The molecule has 0 aliphatic carbocycles. The van der Waals surface area contributed by atoms with Crippen LogP contribution in [0.4, 0.5) is 17.1 Å². The van der Waals surface area contributed by atoms with Crippen LogP contribution in [-0.2, 0) is 20.7 Å². The molecule has 8 heteroatoms. The molecular weight excluding hydrogens is 504 g/mol. The number of hydrogen-bond donors (Lipinski definition) is 2. The van der Waals surface area contributed by atoms with E-state index in [9.17, 15) is 14.4 Å². The first-order valence-corrected chi connectivity index (χ1v) is 13.1. The minimum atomic E-state index is 0.186. The summed E-state index contributed by atoms with van der Waals surface area (Å²) in [5, 5.41) is 6.60. The number of Topliss-reactive ketones (excluding diaryl/α,β-unsaturated/α-hetero) is 1. The number of benzene rings is 3. The molecule has 0 aromatic heterocycles. The summed E-state index contributed by atoms with van der Waals surface area (Å²) in [5.74, 6) is 0.186. The fourth-order valence-corrected chi connectivity index (χ4v) is 4.71. The number of methoxy groups -OCH3 is 1. The van der Waals surface area contributed by atoms with Gasteiger partial charge in [-0.15, -0.1) is 0 Å². The summed E-state index contributed by atoms with van der Waals surface area (Å²) in [5.41, 5.74) is 7.01. The van der Waals surface area contributed by atoms with E-state index in [1.165, 1.54) is 0 Å². The molecule has 2 N–H and O–H groups in total. The number of fused-ring (bicyclic) bond motifs is 1. The highest BCUT2D eigenvalue weighted by Gasteiger charge is 2.22. The quantitative estimate of drug-likeness (QED) is 0.208. The third-order valence-corrected chi connectivity index (χ3v) is 6.39. The zero-order chi connectivity index (χ0) is 29.1. The molecule has 0 saturated carbocycles. The molecule has 0 amide bonds. The Bertz CT molecular complexity index is 1350. The van der Waals surface area contributed by atoms with Gasteiger partial charge in [0.25, 0.3) is 0 Å². The van der Waals surface area contributed by atoms with Crippen LogP contribution < -0.4 is 15.5 Å². The van der Waals surface area contributed by atoms with Crippen LogP contribution >= 0.6 is 0 Å². The van der Waals surface area contributed by atoms with Crippen molar-refractivity contribution in [1.82, 2.24) is 4.90 Å². The van der Waals surface area contributed by atoms with E-state index in [1.54, 1.807) is 39.5 Å². The number of likely N-dealkylation sites (N-methyl/N-ethyl adjacent to an activating group) is 1. The second-order valence-electron chi connectivity index (χ2n) is 9.77. The molecule has 3 aromatic carbocycles. The van der Waals surface area contributed by atoms with Gasteiger partial charge in [-0.3, -0.25) is 14.4 Å². The predicted molar refractivity (Wildman–Crippen MR) is 163 cm³/mol. The highest BCUT2D eigenvalue weighted by molar-refractivity contribution is 6.20. The van der Waals surface area contributed by atoms with Crippen LogP contribution in [0.2, 0.25) is 0 Å². The lowest BCUT2D eigenvalue weighted by molar-refractivity contribution is -0.118. The van der Waals surface area contributed by atoms with Gasteiger partial charge in [-0.2, -0.15) is 0 Å². The molecule has 0 spiro atoms. The van der Waals surface area contributed by atoms with Gasteiger partial charge < -0.3 is 25.2 Å². The summed E-state index contributed by atoms with van der Waals surface area (Å²) in [7, 11) is 8.81. The van der Waals surface area contributed by atoms with Gasteiger partial charge in [0.05, 0.1) is 18.8 Å². The number of carbonyl (C=O) groups excluding carboxylic acids is 3. The van der Waals surface area contributed by atoms with Crippen LogP contribution in [0.25, 0.3) is 11.3 Å². The number of carbonyl (C=O) groups is 3. The average Bonchev–Trinajstić information content (AvgIpc) is 3.34. The second-order valence-corrected chi connectivity index (χ2v) is 9.77. The van der Waals surface area contributed by atoms with E-state index in [-0.39, 0.29) is 5.78 Å². The van der Waals surface area contributed by atoms with Crippen LogP contribution in [0, 0.1) is 0 Å². The molecule has 0 atom stereocenters. The first-order valence-electron chi connectivity index (χ1n) is 13.1. The first kappa shape index (κ1) is 30.3. The van der Waals surface area contributed by atoms with Crippen molar-refractivity contribution in [2.75, 3.05) is 70.5 Å². The molecular formula is C32H38N4O4. The molecule has 4 rings (SSSR count). The summed E-state index contributed by atoms with van der Waals surface area (Å²) in [6.45, 7) is 1.62. The van der Waals surface area contributed by atoms with Crippen molar-refractivity contribution in [2.24, 2.45) is 0 Å². The maximum absolute atomic E-state index is 12.5. The largest absolute Gasteiger partial charge is 0.388 e. The van der Waals surface area contributed by atoms with Crippen molar-refractivity contribution < 1.29 is 19.1 Å². The van der Waals surface area contributed by atoms with E-state index in [0.29, 0.717) is 41.2 Å². The Morgan fingerprint density at radius 1 is 1.02 bits per heavy atom. The van der Waals surface area contributed by atoms with Crippen molar-refractivity contribution >= 4 is 46.7 Å². The third-order valence-electron chi connectivity index (χ3n) is 6.39. The predicted octanol–water partition coefficient (Wildman–Crippen LogP) is 4.48. The first-order chi connectivity index (χ1) is 19.3. The van der Waals surface area contributed by atoms with Crippen LogP contribution in [-0.4, -0.2) is 78.3 Å². The number of anilines is 3. The minimum absolute atomic E-state index is 0.186. The maximum Gasteiger partial charge on any atom is 0.165 e. The number of rotatable bonds is 11. The number of ether oxygens (including phenoxy) is 1. The SMILES string of the molecule is CNc1cc(C=O)ccc1/C(C=O)=C(/Nc1ccc2c(c1)CCN2CC(=O)CN(C)C)c1ccccc1.COC. The molecule has 0 radical (unpaired) electrons. The van der Waals surface area contributed by atoms with Gasteiger partial charge in [-0.1, -0.05) is 42.5 Å². The van der Waals surface area contributed by atoms with E-state index < -0.39 is 0 Å². The number of nitrogens with zero attached hydrogens (tertiary/aromatic N) is 2. The maximum atomic E-state index is 12.5. The average molecular weight is 543 g/mol. The van der Waals surface area contributed by atoms with E-state index in [4.69, 9.17) is 0 Å². The Morgan fingerprint density at radius 3 is 2.38 bits per heavy atom. The molecule has 0 bridgehead atoms. The van der Waals surface area contributed by atoms with Gasteiger partial charge in [-0.25, -0.2) is 0 Å². The molecule has 0 fully saturated rings. The van der Waals surface area contributed by atoms with Gasteiger partial charge in [0.1, 0.15) is 6.29 Å². The van der Waals surface area contributed by atoms with Crippen molar-refractivity contribution in [3.8, 4) is 0 Å². The number of nitrogens with one attached hydrogen (secondary N) is 2. The molecule has 0 unspecified atom stereocenters. The van der Waals surface area contributed by atoms with Gasteiger partial charge in [0.15, 0.2) is 12.1 Å². The topological polar surface area (TPSA) is 91.0 Å². The Labute approximate surface area is 236 Å². The van der Waals surface area contributed by atoms with E-state index >= 15 is 0 Å². The normalized spacial score (nSPS) is 12.6. The summed E-state index contributed by atoms with van der Waals surface area (Å²) in [6.07, 6.45) is 2.48.